The van der Waals surface area contributed by atoms with Crippen LogP contribution < -0.4 is 25.3 Å². The molecule has 0 fully saturated rings. The zero-order valence-corrected chi connectivity index (χ0v) is 15.9. The normalized spacial score (nSPS) is 9.81. The summed E-state index contributed by atoms with van der Waals surface area (Å²) in [6.45, 7) is 6.95. The number of nitrogens with two attached hydrogens (primary N) is 1. The molecule has 1 aromatic carbocycles. The number of nitrogens with one attached hydrogen (secondary N) is 1. The topological polar surface area (TPSA) is 95.7 Å². The zero-order chi connectivity index (χ0) is 18.2. The molecule has 1 heterocycles. The van der Waals surface area contributed by atoms with E-state index in [1.807, 2.05) is 20.8 Å². The van der Waals surface area contributed by atoms with Crippen LogP contribution in [0.1, 0.15) is 31.1 Å². The van der Waals surface area contributed by atoms with Crippen molar-refractivity contribution in [2.75, 3.05) is 30.9 Å². The fraction of sp³-hybridized carbons (Fsp3) is 0.333. The molecule has 0 bridgehead atoms. The quantitative estimate of drug-likeness (QED) is 0.726. The van der Waals surface area contributed by atoms with E-state index in [0.29, 0.717) is 54.1 Å². The van der Waals surface area contributed by atoms with Crippen molar-refractivity contribution < 1.29 is 19.0 Å². The molecule has 2 rings (SSSR count). The summed E-state index contributed by atoms with van der Waals surface area (Å²) in [5.74, 6) is 1.51. The number of aromatic nitrogens is 1. The smallest absolute Gasteiger partial charge is 0.255 e. The number of ether oxygens (including phenoxy) is 3. The first-order valence-electron chi connectivity index (χ1n) is 8.18. The molecule has 7 nitrogen and oxygen atoms in total. The van der Waals surface area contributed by atoms with Crippen LogP contribution in [-0.4, -0.2) is 30.7 Å². The van der Waals surface area contributed by atoms with E-state index in [1.165, 1.54) is 6.20 Å². The van der Waals surface area contributed by atoms with E-state index in [2.05, 4.69) is 10.3 Å². The second kappa shape index (κ2) is 10.4. The summed E-state index contributed by atoms with van der Waals surface area (Å²) in [4.78, 5) is 16.5. The standard InChI is InChI=1S/C18H23N3O4.ClH/c1-4-23-14-9-12(10-15(24-5-2)17(14)25-6-3)18(22)21-13-7-8-16(19)20-11-13;/h7-11H,4-6H2,1-3H3,(H2,19,20)(H,21,22);1H. The maximum atomic E-state index is 12.6. The van der Waals surface area contributed by atoms with Crippen LogP contribution in [0.5, 0.6) is 17.2 Å². The molecular weight excluding hydrogens is 358 g/mol. The highest BCUT2D eigenvalue weighted by atomic mass is 35.5. The Bertz CT molecular complexity index is 696. The maximum absolute atomic E-state index is 12.6. The van der Waals surface area contributed by atoms with Crippen molar-refractivity contribution in [1.82, 2.24) is 4.98 Å². The van der Waals surface area contributed by atoms with Gasteiger partial charge in [-0.3, -0.25) is 4.79 Å². The molecule has 2 aromatic rings. The molecule has 0 aliphatic rings. The number of hydrogen-bond acceptors (Lipinski definition) is 6. The van der Waals surface area contributed by atoms with Gasteiger partial charge >= 0.3 is 0 Å². The van der Waals surface area contributed by atoms with Crippen molar-refractivity contribution in [3.8, 4) is 17.2 Å². The van der Waals surface area contributed by atoms with Crippen LogP contribution in [0.2, 0.25) is 0 Å². The predicted octanol–water partition coefficient (Wildman–Crippen LogP) is 3.53. The first-order valence-corrected chi connectivity index (χ1v) is 8.18. The Morgan fingerprint density at radius 3 is 2.08 bits per heavy atom. The first kappa shape index (κ1) is 21.4. The summed E-state index contributed by atoms with van der Waals surface area (Å²) in [5, 5.41) is 2.77. The zero-order valence-electron chi connectivity index (χ0n) is 15.1. The number of pyridine rings is 1. The average Bonchev–Trinajstić information content (AvgIpc) is 2.60. The SMILES string of the molecule is CCOc1cc(C(=O)Nc2ccc(N)nc2)cc(OCC)c1OCC.Cl. The summed E-state index contributed by atoms with van der Waals surface area (Å²) in [6, 6.07) is 6.57. The van der Waals surface area contributed by atoms with Crippen molar-refractivity contribution >= 4 is 29.8 Å². The minimum atomic E-state index is -0.309. The molecule has 0 aliphatic carbocycles. The molecule has 8 heteroatoms. The molecular formula is C18H24ClN3O4. The highest BCUT2D eigenvalue weighted by molar-refractivity contribution is 6.05. The number of anilines is 2. The summed E-state index contributed by atoms with van der Waals surface area (Å²) in [6.07, 6.45) is 1.49. The molecule has 142 valence electrons. The van der Waals surface area contributed by atoms with Crippen LogP contribution >= 0.6 is 12.4 Å². The molecule has 0 saturated heterocycles. The number of amides is 1. The summed E-state index contributed by atoms with van der Waals surface area (Å²) < 4.78 is 16.9. The molecule has 1 aromatic heterocycles. The fourth-order valence-electron chi connectivity index (χ4n) is 2.20. The summed E-state index contributed by atoms with van der Waals surface area (Å²) in [7, 11) is 0. The van der Waals surface area contributed by atoms with Crippen LogP contribution in [0.25, 0.3) is 0 Å². The Morgan fingerprint density at radius 2 is 1.62 bits per heavy atom. The van der Waals surface area contributed by atoms with Crippen LogP contribution in [0, 0.1) is 0 Å². The van der Waals surface area contributed by atoms with Crippen molar-refractivity contribution in [2.24, 2.45) is 0 Å². The Hall–Kier alpha value is -2.67. The minimum Gasteiger partial charge on any atom is -0.490 e. The van der Waals surface area contributed by atoms with Gasteiger partial charge in [0.2, 0.25) is 5.75 Å². The van der Waals surface area contributed by atoms with Crippen LogP contribution in [-0.2, 0) is 0 Å². The van der Waals surface area contributed by atoms with Crippen molar-refractivity contribution in [3.63, 3.8) is 0 Å². The molecule has 0 atom stereocenters. The van der Waals surface area contributed by atoms with Gasteiger partial charge in [-0.2, -0.15) is 0 Å². The minimum absolute atomic E-state index is 0. The molecule has 0 unspecified atom stereocenters. The largest absolute Gasteiger partial charge is 0.490 e. The van der Waals surface area contributed by atoms with E-state index in [9.17, 15) is 4.79 Å². The second-order valence-electron chi connectivity index (χ2n) is 5.03. The molecule has 0 spiro atoms. The van der Waals surface area contributed by atoms with Gasteiger partial charge in [0.15, 0.2) is 11.5 Å². The summed E-state index contributed by atoms with van der Waals surface area (Å²) in [5.41, 5.74) is 6.49. The van der Waals surface area contributed by atoms with Crippen molar-refractivity contribution in [3.05, 3.63) is 36.0 Å². The van der Waals surface area contributed by atoms with Gasteiger partial charge in [-0.15, -0.1) is 12.4 Å². The third-order valence-corrected chi connectivity index (χ3v) is 3.22. The number of benzene rings is 1. The number of halogens is 1. The fourth-order valence-corrected chi connectivity index (χ4v) is 2.20. The molecule has 0 radical (unpaired) electrons. The highest BCUT2D eigenvalue weighted by Gasteiger charge is 2.18. The van der Waals surface area contributed by atoms with Crippen molar-refractivity contribution in [1.29, 1.82) is 0 Å². The number of rotatable bonds is 8. The lowest BCUT2D eigenvalue weighted by molar-refractivity contribution is 0.102. The van der Waals surface area contributed by atoms with Gasteiger partial charge in [0, 0.05) is 5.56 Å². The van der Waals surface area contributed by atoms with E-state index in [4.69, 9.17) is 19.9 Å². The maximum Gasteiger partial charge on any atom is 0.255 e. The highest BCUT2D eigenvalue weighted by Crippen LogP contribution is 2.39. The first-order chi connectivity index (χ1) is 12.1. The Morgan fingerprint density at radius 1 is 1.04 bits per heavy atom. The number of carbonyl (C=O) groups excluding carboxylic acids is 1. The lowest BCUT2D eigenvalue weighted by Gasteiger charge is -2.17. The second-order valence-corrected chi connectivity index (χ2v) is 5.03. The lowest BCUT2D eigenvalue weighted by Crippen LogP contribution is -2.13. The van der Waals surface area contributed by atoms with Gasteiger partial charge in [0.1, 0.15) is 5.82 Å². The molecule has 0 aliphatic heterocycles. The van der Waals surface area contributed by atoms with E-state index in [-0.39, 0.29) is 18.3 Å². The Balaban J connectivity index is 0.00000338. The van der Waals surface area contributed by atoms with Gasteiger partial charge in [0.05, 0.1) is 31.7 Å². The Labute approximate surface area is 159 Å². The van der Waals surface area contributed by atoms with E-state index >= 15 is 0 Å². The number of nitrogen functional groups attached to an aromatic ring is 1. The van der Waals surface area contributed by atoms with Crippen LogP contribution in [0.3, 0.4) is 0 Å². The molecule has 3 N–H and O–H groups in total. The molecule has 0 saturated carbocycles. The number of hydrogen-bond donors (Lipinski definition) is 2. The van der Waals surface area contributed by atoms with Crippen LogP contribution in [0.4, 0.5) is 11.5 Å². The lowest BCUT2D eigenvalue weighted by atomic mass is 10.1. The van der Waals surface area contributed by atoms with Gasteiger partial charge in [-0.25, -0.2) is 4.98 Å². The van der Waals surface area contributed by atoms with Gasteiger partial charge in [-0.05, 0) is 45.0 Å². The van der Waals surface area contributed by atoms with E-state index in [1.54, 1.807) is 24.3 Å². The molecule has 26 heavy (non-hydrogen) atoms. The van der Waals surface area contributed by atoms with Gasteiger partial charge < -0.3 is 25.3 Å². The number of nitrogens with zero attached hydrogens (tertiary/aromatic N) is 1. The third-order valence-electron chi connectivity index (χ3n) is 3.22. The van der Waals surface area contributed by atoms with Gasteiger partial charge in [0.25, 0.3) is 5.91 Å². The van der Waals surface area contributed by atoms with Gasteiger partial charge in [-0.1, -0.05) is 0 Å². The predicted molar refractivity (Wildman–Crippen MR) is 104 cm³/mol. The molecule has 1 amide bonds. The third kappa shape index (κ3) is 5.42. The van der Waals surface area contributed by atoms with E-state index in [0.717, 1.165) is 0 Å². The van der Waals surface area contributed by atoms with Crippen molar-refractivity contribution in [2.45, 2.75) is 20.8 Å². The Kier molecular flexibility index (Phi) is 8.51. The van der Waals surface area contributed by atoms with E-state index < -0.39 is 0 Å². The monoisotopic (exact) mass is 381 g/mol. The summed E-state index contributed by atoms with van der Waals surface area (Å²) >= 11 is 0. The number of carbonyl (C=O) groups is 1. The van der Waals surface area contributed by atoms with Crippen LogP contribution in [0.15, 0.2) is 30.5 Å². The average molecular weight is 382 g/mol.